The van der Waals surface area contributed by atoms with Crippen molar-refractivity contribution in [2.45, 2.75) is 35.9 Å². The third kappa shape index (κ3) is 10.2. The van der Waals surface area contributed by atoms with E-state index in [9.17, 15) is 26.4 Å². The van der Waals surface area contributed by atoms with Gasteiger partial charge in [-0.05, 0) is 85.6 Å². The van der Waals surface area contributed by atoms with Crippen LogP contribution < -0.4 is 19.7 Å². The minimum absolute atomic E-state index is 0.0636. The van der Waals surface area contributed by atoms with E-state index in [1.54, 1.807) is 18.3 Å². The molecule has 0 radical (unpaired) electrons. The molecule has 1 aromatic heterocycles. The monoisotopic (exact) mass is 789 g/mol. The summed E-state index contributed by atoms with van der Waals surface area (Å²) in [6.07, 6.45) is -1.30. The summed E-state index contributed by atoms with van der Waals surface area (Å²) in [6.45, 7) is 8.04. The average molecular weight is 790 g/mol. The first kappa shape index (κ1) is 39.6. The zero-order valence-corrected chi connectivity index (χ0v) is 32.1. The molecule has 0 spiro atoms. The number of alkyl halides is 3. The van der Waals surface area contributed by atoms with Crippen LogP contribution in [0.25, 0.3) is 11.1 Å². The number of hydrogen-bond acceptors (Lipinski definition) is 9. The molecule has 0 saturated carbocycles. The first-order chi connectivity index (χ1) is 26.4. The fourth-order valence-electron chi connectivity index (χ4n) is 6.37. The third-order valence-electron chi connectivity index (χ3n) is 9.37. The van der Waals surface area contributed by atoms with Gasteiger partial charge in [-0.2, -0.15) is 13.2 Å². The van der Waals surface area contributed by atoms with Gasteiger partial charge in [-0.3, -0.25) is 14.7 Å². The number of sulfonamides is 1. The smallest absolute Gasteiger partial charge is 0.418 e. The summed E-state index contributed by atoms with van der Waals surface area (Å²) in [7, 11) is -4.61. The molecule has 55 heavy (non-hydrogen) atoms. The predicted molar refractivity (Wildman–Crippen MR) is 211 cm³/mol. The van der Waals surface area contributed by atoms with E-state index >= 15 is 0 Å². The number of amides is 1. The molecule has 9 nitrogen and oxygen atoms in total. The number of nitrogens with one attached hydrogen (secondary N) is 2. The highest BCUT2D eigenvalue weighted by Crippen LogP contribution is 2.37. The number of rotatable bonds is 14. The van der Waals surface area contributed by atoms with E-state index in [2.05, 4.69) is 51.3 Å². The lowest BCUT2D eigenvalue weighted by Gasteiger charge is -2.39. The van der Waals surface area contributed by atoms with Gasteiger partial charge in [0.15, 0.2) is 0 Å². The molecule has 1 aliphatic heterocycles. The van der Waals surface area contributed by atoms with Crippen LogP contribution in [-0.2, 0) is 16.2 Å². The van der Waals surface area contributed by atoms with Crippen molar-refractivity contribution in [1.82, 2.24) is 14.6 Å². The number of hydrogen-bond donors (Lipinski definition) is 2. The second kappa shape index (κ2) is 17.6. The molecule has 0 bridgehead atoms. The first-order valence-electron chi connectivity index (χ1n) is 17.9. The molecule has 1 unspecified atom stereocenters. The lowest BCUT2D eigenvalue weighted by Crippen LogP contribution is -2.47. The van der Waals surface area contributed by atoms with Crippen molar-refractivity contribution in [3.05, 3.63) is 132 Å². The maximum Gasteiger partial charge on any atom is 0.418 e. The van der Waals surface area contributed by atoms with E-state index in [-0.39, 0.29) is 23.8 Å². The number of nitrogens with zero attached hydrogens (tertiary/aromatic N) is 3. The van der Waals surface area contributed by atoms with Crippen molar-refractivity contribution < 1.29 is 31.1 Å². The van der Waals surface area contributed by atoms with Gasteiger partial charge in [0.05, 0.1) is 23.3 Å². The van der Waals surface area contributed by atoms with Crippen molar-refractivity contribution in [1.29, 1.82) is 0 Å². The summed E-state index contributed by atoms with van der Waals surface area (Å²) in [5.74, 6) is 0.289. The molecule has 1 amide bonds. The zero-order valence-electron chi connectivity index (χ0n) is 30.4. The molecule has 1 saturated heterocycles. The van der Waals surface area contributed by atoms with Gasteiger partial charge in [0, 0.05) is 78.1 Å². The number of aromatic nitrogens is 1. The van der Waals surface area contributed by atoms with Crippen LogP contribution in [0.3, 0.4) is 0 Å². The molecule has 0 aliphatic carbocycles. The predicted octanol–water partition coefficient (Wildman–Crippen LogP) is 8.37. The van der Waals surface area contributed by atoms with Crippen LogP contribution in [0.15, 0.2) is 125 Å². The average Bonchev–Trinajstić information content (AvgIpc) is 3.19. The van der Waals surface area contributed by atoms with E-state index in [0.29, 0.717) is 18.4 Å². The van der Waals surface area contributed by atoms with E-state index in [1.807, 2.05) is 54.2 Å². The number of pyridine rings is 1. The highest BCUT2D eigenvalue weighted by Gasteiger charge is 2.35. The summed E-state index contributed by atoms with van der Waals surface area (Å²) in [5.41, 5.74) is 2.81. The van der Waals surface area contributed by atoms with Gasteiger partial charge < -0.3 is 15.0 Å². The van der Waals surface area contributed by atoms with Gasteiger partial charge in [0.25, 0.3) is 15.9 Å². The Morgan fingerprint density at radius 1 is 0.891 bits per heavy atom. The molecular weight excluding hydrogens is 748 g/mol. The number of ether oxygens (including phenoxy) is 1. The van der Waals surface area contributed by atoms with Gasteiger partial charge >= 0.3 is 6.18 Å². The van der Waals surface area contributed by atoms with Crippen LogP contribution in [0.2, 0.25) is 0 Å². The minimum Gasteiger partial charge on any atom is -0.492 e. The molecule has 2 heterocycles. The Labute approximate surface area is 324 Å². The number of benzene rings is 4. The van der Waals surface area contributed by atoms with Crippen molar-refractivity contribution in [2.75, 3.05) is 55.3 Å². The lowest BCUT2D eigenvalue weighted by molar-refractivity contribution is -0.137. The van der Waals surface area contributed by atoms with Crippen LogP contribution in [-0.4, -0.2) is 69.3 Å². The summed E-state index contributed by atoms with van der Waals surface area (Å²) >= 11 is 1.48. The van der Waals surface area contributed by atoms with Crippen molar-refractivity contribution in [3.63, 3.8) is 0 Å². The Morgan fingerprint density at radius 2 is 1.60 bits per heavy atom. The number of thioether (sulfide) groups is 1. The number of anilines is 2. The summed E-state index contributed by atoms with van der Waals surface area (Å²) < 4.78 is 75.7. The summed E-state index contributed by atoms with van der Waals surface area (Å²) in [4.78, 5) is 22.2. The Kier molecular flexibility index (Phi) is 12.7. The van der Waals surface area contributed by atoms with E-state index < -0.39 is 32.6 Å². The number of piperazine rings is 1. The molecule has 2 N–H and O–H groups in total. The maximum atomic E-state index is 14.0. The molecule has 5 aromatic rings. The number of halogens is 3. The normalized spacial score (nSPS) is 14.3. The second-order valence-electron chi connectivity index (χ2n) is 12.9. The molecular formula is C41H42F3N5O4S2. The molecule has 14 heteroatoms. The van der Waals surface area contributed by atoms with Crippen molar-refractivity contribution in [2.24, 2.45) is 0 Å². The summed E-state index contributed by atoms with van der Waals surface area (Å²) in [6, 6.07) is 29.3. The molecule has 4 aromatic carbocycles. The Bertz CT molecular complexity index is 2160. The standard InChI is InChI=1S/C41H42F3N5O4S2/c1-3-53-35-25-33(27-45-28-35)31-11-9-30(10-12-31)29(2)48-20-22-49(23-21-48)34-15-13-32(14-16-34)40(50)47-55(51,52)37-17-18-39(38(26-37)41(42,43)44)46-19-24-54-36-7-5-4-6-8-36/h4-18,25-29,46H,3,19-24H2,1-2H3,(H,47,50). The van der Waals surface area contributed by atoms with Crippen LogP contribution >= 0.6 is 11.8 Å². The molecule has 6 rings (SSSR count). The lowest BCUT2D eigenvalue weighted by atomic mass is 10.0. The van der Waals surface area contributed by atoms with Crippen LogP contribution in [0.5, 0.6) is 5.75 Å². The fourth-order valence-corrected chi connectivity index (χ4v) is 8.16. The number of carbonyl (C=O) groups excluding carboxylic acids is 1. The van der Waals surface area contributed by atoms with E-state index in [4.69, 9.17) is 4.74 Å². The van der Waals surface area contributed by atoms with Gasteiger partial charge in [0.2, 0.25) is 0 Å². The number of carbonyl (C=O) groups is 1. The SMILES string of the molecule is CCOc1cncc(-c2ccc(C(C)N3CCN(c4ccc(C(=O)NS(=O)(=O)c5ccc(NCCSc6ccccc6)c(C(F)(F)F)c5)cc4)CC3)cc2)c1. The Balaban J connectivity index is 1.02. The van der Waals surface area contributed by atoms with Crippen LogP contribution in [0, 0.1) is 0 Å². The quantitative estimate of drug-likeness (QED) is 0.0849. The largest absolute Gasteiger partial charge is 0.492 e. The second-order valence-corrected chi connectivity index (χ2v) is 15.8. The van der Waals surface area contributed by atoms with Gasteiger partial charge in [0.1, 0.15) is 5.75 Å². The fraction of sp³-hybridized carbons (Fsp3) is 0.268. The molecule has 288 valence electrons. The third-order valence-corrected chi connectivity index (χ3v) is 11.7. The van der Waals surface area contributed by atoms with E-state index in [0.717, 1.165) is 65.8 Å². The summed E-state index contributed by atoms with van der Waals surface area (Å²) in [5, 5.41) is 2.76. The molecule has 1 fully saturated rings. The highest BCUT2D eigenvalue weighted by atomic mass is 32.2. The molecule has 1 atom stereocenters. The zero-order chi connectivity index (χ0) is 39.0. The van der Waals surface area contributed by atoms with Crippen LogP contribution in [0.1, 0.15) is 41.4 Å². The van der Waals surface area contributed by atoms with Gasteiger partial charge in [-0.25, -0.2) is 13.1 Å². The highest BCUT2D eigenvalue weighted by molar-refractivity contribution is 7.99. The van der Waals surface area contributed by atoms with E-state index in [1.165, 1.54) is 29.5 Å². The minimum atomic E-state index is -4.83. The topological polar surface area (TPSA) is 104 Å². The van der Waals surface area contributed by atoms with Gasteiger partial charge in [-0.15, -0.1) is 11.8 Å². The Hall–Kier alpha value is -5.05. The first-order valence-corrected chi connectivity index (χ1v) is 20.4. The van der Waals surface area contributed by atoms with Crippen molar-refractivity contribution in [3.8, 4) is 16.9 Å². The Morgan fingerprint density at radius 3 is 2.27 bits per heavy atom. The molecule has 1 aliphatic rings. The van der Waals surface area contributed by atoms with Gasteiger partial charge in [-0.1, -0.05) is 42.5 Å². The maximum absolute atomic E-state index is 14.0. The van der Waals surface area contributed by atoms with Crippen molar-refractivity contribution >= 4 is 39.1 Å². The van der Waals surface area contributed by atoms with Crippen LogP contribution in [0.4, 0.5) is 24.5 Å².